The van der Waals surface area contributed by atoms with Crippen LogP contribution in [0.2, 0.25) is 0 Å². The molecule has 0 radical (unpaired) electrons. The second-order valence-corrected chi connectivity index (χ2v) is 15.1. The number of rotatable bonds is 22. The van der Waals surface area contributed by atoms with E-state index in [4.69, 9.17) is 0 Å². The molecule has 3 rings (SSSR count). The zero-order valence-corrected chi connectivity index (χ0v) is 33.8. The number of hydrogen-bond donors (Lipinski definition) is 0. The zero-order valence-electron chi connectivity index (χ0n) is 32.8. The van der Waals surface area contributed by atoms with E-state index >= 15 is 0 Å². The summed E-state index contributed by atoms with van der Waals surface area (Å²) < 4.78 is 6.14. The Balaban J connectivity index is 0.000000650. The van der Waals surface area contributed by atoms with E-state index in [0.29, 0.717) is 0 Å². The third-order valence-corrected chi connectivity index (χ3v) is 10.8. The van der Waals surface area contributed by atoms with Crippen molar-refractivity contribution in [3.05, 3.63) is 99.1 Å². The first-order valence-corrected chi connectivity index (χ1v) is 20.4. The van der Waals surface area contributed by atoms with E-state index in [2.05, 4.69) is 125 Å². The van der Waals surface area contributed by atoms with Gasteiger partial charge in [-0.25, -0.2) is 4.70 Å². The van der Waals surface area contributed by atoms with Gasteiger partial charge in [-0.15, -0.1) is 0 Å². The predicted molar refractivity (Wildman–Crippen MR) is 211 cm³/mol. The number of hydrogen-bond acceptors (Lipinski definition) is 2. The fourth-order valence-electron chi connectivity index (χ4n) is 6.44. The molecule has 0 aromatic heterocycles. The van der Waals surface area contributed by atoms with Gasteiger partial charge in [0.25, 0.3) is 0 Å². The van der Waals surface area contributed by atoms with Gasteiger partial charge in [0.15, 0.2) is 0 Å². The summed E-state index contributed by atoms with van der Waals surface area (Å²) in [6, 6.07) is 13.0. The molecule has 1 heterocycles. The van der Waals surface area contributed by atoms with Gasteiger partial charge >= 0.3 is 76.7 Å². The molecule has 49 heavy (non-hydrogen) atoms. The summed E-state index contributed by atoms with van der Waals surface area (Å²) in [4.78, 5) is 0. The molecule has 2 aromatic carbocycles. The fraction of sp³-hybridized carbons (Fsp3) is 0.591. The van der Waals surface area contributed by atoms with Crippen molar-refractivity contribution >= 4 is 11.4 Å². The van der Waals surface area contributed by atoms with E-state index in [1.54, 1.807) is 14.9 Å². The molecule has 276 valence electrons. The van der Waals surface area contributed by atoms with Gasteiger partial charge in [-0.2, -0.15) is 0 Å². The van der Waals surface area contributed by atoms with Crippen LogP contribution in [-0.4, -0.2) is 38.8 Å². The maximum atomic E-state index is 11.4. The van der Waals surface area contributed by atoms with Gasteiger partial charge < -0.3 is 5.53 Å². The molecule has 1 aliphatic heterocycles. The first kappa shape index (κ1) is 42.8. The van der Waals surface area contributed by atoms with Crippen LogP contribution in [0.15, 0.2) is 60.2 Å². The first-order valence-electron chi connectivity index (χ1n) is 19.6. The van der Waals surface area contributed by atoms with Crippen LogP contribution in [0, 0.1) is 27.7 Å². The first-order chi connectivity index (χ1) is 23.7. The van der Waals surface area contributed by atoms with E-state index in [0.717, 1.165) is 60.7 Å². The topological polar surface area (TPSA) is 31.8 Å². The Labute approximate surface area is 308 Å². The third-order valence-electron chi connectivity index (χ3n) is 9.01. The zero-order chi connectivity index (χ0) is 36.0. The van der Waals surface area contributed by atoms with Gasteiger partial charge in [-0.05, 0) is 64.8 Å². The normalized spacial score (nSPS) is 13.3. The summed E-state index contributed by atoms with van der Waals surface area (Å²) in [5.74, 6) is 0. The molecule has 1 aliphatic rings. The molecule has 0 unspecified atom stereocenters. The van der Waals surface area contributed by atoms with Gasteiger partial charge in [0.05, 0.1) is 5.57 Å². The maximum absolute atomic E-state index is 11.4. The van der Waals surface area contributed by atoms with Crippen molar-refractivity contribution in [2.45, 2.75) is 146 Å². The van der Waals surface area contributed by atoms with Crippen LogP contribution in [0.3, 0.4) is 0 Å². The quantitative estimate of drug-likeness (QED) is 0.0691. The second kappa shape index (κ2) is 24.8. The molecule has 2 aromatic rings. The second-order valence-electron chi connectivity index (χ2n) is 13.7. The third kappa shape index (κ3) is 16.1. The average molecular weight is 714 g/mol. The van der Waals surface area contributed by atoms with Crippen LogP contribution in [0.1, 0.15) is 151 Å². The molecule has 5 heteroatoms. The van der Waals surface area contributed by atoms with Gasteiger partial charge in [0.1, 0.15) is 0 Å². The number of aryl methyl sites for hydroxylation is 4. The number of nitrogens with zero attached hydrogens (tertiary/aromatic N) is 4. The molecular weight excluding hydrogens is 643 g/mol. The van der Waals surface area contributed by atoms with Crippen molar-refractivity contribution in [1.29, 1.82) is 0 Å². The molecule has 0 amide bonds. The molecule has 0 aliphatic carbocycles. The Morgan fingerprint density at radius 1 is 0.571 bits per heavy atom. The SMILES string of the molecule is CCCCCCCCCCCCCCC=CC1=C(c2cc(C)cc(C)c2)[N+](=[N-])C(c2cc(C)cc(C)c2)=C1.CC[N](CC)[Ni][N](CC)CC. The van der Waals surface area contributed by atoms with Crippen molar-refractivity contribution in [3.8, 4) is 0 Å². The average Bonchev–Trinajstić information content (AvgIpc) is 3.40. The molecule has 0 saturated carbocycles. The van der Waals surface area contributed by atoms with Gasteiger partial charge in [0.2, 0.25) is 11.4 Å². The van der Waals surface area contributed by atoms with E-state index in [1.807, 2.05) is 0 Å². The Morgan fingerprint density at radius 3 is 1.41 bits per heavy atom. The number of allylic oxidation sites excluding steroid dienone is 4. The molecule has 0 fully saturated rings. The van der Waals surface area contributed by atoms with Crippen molar-refractivity contribution in [2.24, 2.45) is 0 Å². The number of benzene rings is 2. The van der Waals surface area contributed by atoms with E-state index < -0.39 is 0 Å². The van der Waals surface area contributed by atoms with Gasteiger partial charge in [-0.1, -0.05) is 124 Å². The van der Waals surface area contributed by atoms with Gasteiger partial charge in [0, 0.05) is 17.2 Å². The van der Waals surface area contributed by atoms with Crippen molar-refractivity contribution in [2.75, 3.05) is 26.2 Å². The number of unbranched alkanes of at least 4 members (excludes halogenated alkanes) is 12. The van der Waals surface area contributed by atoms with Crippen molar-refractivity contribution in [3.63, 3.8) is 0 Å². The monoisotopic (exact) mass is 712 g/mol. The molecule has 0 N–H and O–H groups in total. The molecule has 0 saturated heterocycles. The summed E-state index contributed by atoms with van der Waals surface area (Å²) in [6.45, 7) is 24.1. The van der Waals surface area contributed by atoms with E-state index in [-0.39, 0.29) is 0 Å². The van der Waals surface area contributed by atoms with Crippen molar-refractivity contribution in [1.82, 2.24) is 7.96 Å². The van der Waals surface area contributed by atoms with E-state index in [9.17, 15) is 5.53 Å². The van der Waals surface area contributed by atoms with Crippen LogP contribution in [0.5, 0.6) is 0 Å². The van der Waals surface area contributed by atoms with Crippen molar-refractivity contribution < 1.29 is 19.6 Å². The summed E-state index contributed by atoms with van der Waals surface area (Å²) in [7, 11) is 0. The summed E-state index contributed by atoms with van der Waals surface area (Å²) in [6.07, 6.45) is 24.2. The summed E-state index contributed by atoms with van der Waals surface area (Å²) >= 11 is 1.67. The molecule has 0 spiro atoms. The van der Waals surface area contributed by atoms with Crippen LogP contribution in [0.4, 0.5) is 0 Å². The minimum atomic E-state index is 0.843. The minimum absolute atomic E-state index is 0.843. The van der Waals surface area contributed by atoms with Gasteiger partial charge in [-0.3, -0.25) is 0 Å². The molecular formula is C44H70N4Ni. The Morgan fingerprint density at radius 2 is 0.980 bits per heavy atom. The van der Waals surface area contributed by atoms with Crippen LogP contribution in [-0.2, 0) is 14.9 Å². The van der Waals surface area contributed by atoms with Crippen LogP contribution in [0.25, 0.3) is 16.9 Å². The summed E-state index contributed by atoms with van der Waals surface area (Å²) in [5, 5.41) is 0. The Hall–Kier alpha value is -2.33. The summed E-state index contributed by atoms with van der Waals surface area (Å²) in [5.41, 5.74) is 21.1. The predicted octanol–water partition coefficient (Wildman–Crippen LogP) is 13.0. The molecule has 4 nitrogen and oxygen atoms in total. The Bertz CT molecular complexity index is 1300. The van der Waals surface area contributed by atoms with Crippen LogP contribution < -0.4 is 0 Å². The van der Waals surface area contributed by atoms with E-state index in [1.165, 1.54) is 104 Å². The molecule has 0 atom stereocenters. The Kier molecular flexibility index (Phi) is 21.6. The molecule has 0 bridgehead atoms. The van der Waals surface area contributed by atoms with Crippen LogP contribution >= 0.6 is 0 Å². The fourth-order valence-corrected chi connectivity index (χ4v) is 7.39. The standard InChI is InChI=1S/C36H50N2.2C4H10N.Ni/c1-6-7-8-9-10-11-12-13-14-15-16-17-18-19-20-32-27-35(33-23-28(2)21-29(3)24-33)38(37)36(32)34-25-30(4)22-31(5)26-34;2*1-3-5-4-2;/h19-27H,6-18H2,1-5H3;2*3-4H2,1-2H3;/q;2*-1;+2.